The van der Waals surface area contributed by atoms with Crippen molar-refractivity contribution in [3.63, 3.8) is 0 Å². The standard InChI is InChI=1S/C25H15BrCl3NO5S/c26-16-2-4-20(33-11-13-1-3-17(27)8-18(13)28)14(5-16)7-23-24(31)30(25(32)36-23)10-15-6-21-22(9-19(15)29)35-12-34-21/h1-9H,10-12H2/b23-7-. The lowest BCUT2D eigenvalue weighted by Gasteiger charge is -2.14. The minimum atomic E-state index is -0.426. The van der Waals surface area contributed by atoms with Gasteiger partial charge in [0.2, 0.25) is 6.79 Å². The first kappa shape index (κ1) is 25.3. The lowest BCUT2D eigenvalue weighted by atomic mass is 10.1. The Kier molecular flexibility index (Phi) is 7.42. The van der Waals surface area contributed by atoms with Crippen molar-refractivity contribution in [2.75, 3.05) is 6.79 Å². The summed E-state index contributed by atoms with van der Waals surface area (Å²) in [7, 11) is 0. The average molecular weight is 628 g/mol. The monoisotopic (exact) mass is 625 g/mol. The number of rotatable bonds is 6. The summed E-state index contributed by atoms with van der Waals surface area (Å²) >= 11 is 22.9. The highest BCUT2D eigenvalue weighted by Crippen LogP contribution is 2.40. The summed E-state index contributed by atoms with van der Waals surface area (Å²) in [5.74, 6) is 1.15. The molecule has 11 heteroatoms. The van der Waals surface area contributed by atoms with Crippen molar-refractivity contribution in [1.29, 1.82) is 0 Å². The summed E-state index contributed by atoms with van der Waals surface area (Å²) in [6, 6.07) is 13.9. The van der Waals surface area contributed by atoms with Gasteiger partial charge in [-0.15, -0.1) is 0 Å². The number of amides is 2. The zero-order chi connectivity index (χ0) is 25.4. The van der Waals surface area contributed by atoms with E-state index in [9.17, 15) is 9.59 Å². The van der Waals surface area contributed by atoms with Gasteiger partial charge in [0.15, 0.2) is 11.5 Å². The highest BCUT2D eigenvalue weighted by Gasteiger charge is 2.36. The number of halogens is 4. The van der Waals surface area contributed by atoms with Crippen LogP contribution in [0, 0.1) is 0 Å². The molecular formula is C25H15BrCl3NO5S. The van der Waals surface area contributed by atoms with Gasteiger partial charge in [0.25, 0.3) is 11.1 Å². The summed E-state index contributed by atoms with van der Waals surface area (Å²) in [4.78, 5) is 27.3. The van der Waals surface area contributed by atoms with Crippen molar-refractivity contribution in [3.05, 3.63) is 89.7 Å². The van der Waals surface area contributed by atoms with Crippen LogP contribution in [0.25, 0.3) is 6.08 Å². The molecule has 0 atom stereocenters. The van der Waals surface area contributed by atoms with Crippen molar-refractivity contribution >= 4 is 79.7 Å². The van der Waals surface area contributed by atoms with Crippen LogP contribution in [-0.2, 0) is 17.9 Å². The molecule has 3 aromatic carbocycles. The smallest absolute Gasteiger partial charge is 0.293 e. The molecule has 2 aliphatic rings. The Bertz CT molecular complexity index is 1430. The molecule has 184 valence electrons. The van der Waals surface area contributed by atoms with E-state index >= 15 is 0 Å². The molecule has 0 N–H and O–H groups in total. The van der Waals surface area contributed by atoms with Crippen LogP contribution in [0.3, 0.4) is 0 Å². The molecule has 0 saturated carbocycles. The number of benzene rings is 3. The normalized spacial score (nSPS) is 15.8. The van der Waals surface area contributed by atoms with Crippen LogP contribution >= 0.6 is 62.5 Å². The molecule has 0 aromatic heterocycles. The van der Waals surface area contributed by atoms with Gasteiger partial charge in [-0.25, -0.2) is 0 Å². The minimum absolute atomic E-state index is 0.00832. The number of hydrogen-bond donors (Lipinski definition) is 0. The van der Waals surface area contributed by atoms with E-state index in [0.717, 1.165) is 26.7 Å². The van der Waals surface area contributed by atoms with Gasteiger partial charge in [-0.3, -0.25) is 14.5 Å². The van der Waals surface area contributed by atoms with Crippen molar-refractivity contribution in [3.8, 4) is 17.2 Å². The molecule has 0 unspecified atom stereocenters. The van der Waals surface area contributed by atoms with Crippen molar-refractivity contribution < 1.29 is 23.8 Å². The molecule has 3 aromatic rings. The Morgan fingerprint density at radius 3 is 2.50 bits per heavy atom. The van der Waals surface area contributed by atoms with Crippen LogP contribution in [0.1, 0.15) is 16.7 Å². The van der Waals surface area contributed by atoms with Crippen LogP contribution in [0.15, 0.2) is 57.9 Å². The van der Waals surface area contributed by atoms with E-state index in [1.807, 2.05) is 12.1 Å². The number of carbonyl (C=O) groups excluding carboxylic acids is 2. The fourth-order valence-electron chi connectivity index (χ4n) is 3.59. The number of thioether (sulfide) groups is 1. The predicted molar refractivity (Wildman–Crippen MR) is 144 cm³/mol. The summed E-state index contributed by atoms with van der Waals surface area (Å²) in [6.07, 6.45) is 1.63. The van der Waals surface area contributed by atoms with Crippen LogP contribution < -0.4 is 14.2 Å². The summed E-state index contributed by atoms with van der Waals surface area (Å²) in [6.45, 7) is 0.303. The van der Waals surface area contributed by atoms with Crippen LogP contribution in [0.5, 0.6) is 17.2 Å². The number of imide groups is 1. The second kappa shape index (κ2) is 10.6. The van der Waals surface area contributed by atoms with Gasteiger partial charge < -0.3 is 14.2 Å². The van der Waals surface area contributed by atoms with E-state index in [4.69, 9.17) is 49.0 Å². The highest BCUT2D eigenvalue weighted by molar-refractivity contribution is 9.10. The van der Waals surface area contributed by atoms with E-state index in [2.05, 4.69) is 15.9 Å². The van der Waals surface area contributed by atoms with Crippen LogP contribution in [0.4, 0.5) is 4.79 Å². The third-order valence-corrected chi connectivity index (χ3v) is 7.74. The Morgan fingerprint density at radius 2 is 1.72 bits per heavy atom. The average Bonchev–Trinajstić information content (AvgIpc) is 3.38. The van der Waals surface area contributed by atoms with Gasteiger partial charge in [-0.2, -0.15) is 0 Å². The molecule has 0 bridgehead atoms. The first-order valence-corrected chi connectivity index (χ1v) is 13.2. The molecule has 0 spiro atoms. The molecule has 0 radical (unpaired) electrons. The third kappa shape index (κ3) is 5.33. The molecule has 2 heterocycles. The first-order chi connectivity index (χ1) is 17.3. The SMILES string of the molecule is O=C1S/C(=C\c2cc(Br)ccc2OCc2ccc(Cl)cc2Cl)C(=O)N1Cc1cc2c(cc1Cl)OCO2. The maximum atomic E-state index is 13.2. The fourth-order valence-corrected chi connectivity index (χ4v) is 5.47. The number of hydrogen-bond acceptors (Lipinski definition) is 6. The van der Waals surface area contributed by atoms with Gasteiger partial charge in [-0.05, 0) is 59.8 Å². The third-order valence-electron chi connectivity index (χ3n) is 5.40. The van der Waals surface area contributed by atoms with Gasteiger partial charge in [0.1, 0.15) is 12.4 Å². The van der Waals surface area contributed by atoms with Crippen LogP contribution in [-0.4, -0.2) is 22.8 Å². The number of nitrogens with zero attached hydrogens (tertiary/aromatic N) is 1. The Hall–Kier alpha value is -2.36. The second-order valence-electron chi connectivity index (χ2n) is 7.77. The largest absolute Gasteiger partial charge is 0.488 e. The maximum absolute atomic E-state index is 13.2. The Balaban J connectivity index is 1.37. The second-order valence-corrected chi connectivity index (χ2v) is 10.9. The molecule has 6 nitrogen and oxygen atoms in total. The molecular weight excluding hydrogens is 613 g/mol. The Labute approximate surface area is 234 Å². The zero-order valence-electron chi connectivity index (χ0n) is 18.2. The highest BCUT2D eigenvalue weighted by atomic mass is 79.9. The maximum Gasteiger partial charge on any atom is 0.293 e. The lowest BCUT2D eigenvalue weighted by Crippen LogP contribution is -2.27. The number of carbonyl (C=O) groups is 2. The van der Waals surface area contributed by atoms with Gasteiger partial charge >= 0.3 is 0 Å². The fraction of sp³-hybridized carbons (Fsp3) is 0.120. The predicted octanol–water partition coefficient (Wildman–Crippen LogP) is 7.95. The van der Waals surface area contributed by atoms with Crippen molar-refractivity contribution in [1.82, 2.24) is 4.90 Å². The summed E-state index contributed by atoms with van der Waals surface area (Å²) in [5, 5.41) is 1.01. The topological polar surface area (TPSA) is 65.1 Å². The van der Waals surface area contributed by atoms with E-state index < -0.39 is 11.1 Å². The lowest BCUT2D eigenvalue weighted by molar-refractivity contribution is -0.123. The summed E-state index contributed by atoms with van der Waals surface area (Å²) < 4.78 is 17.5. The molecule has 0 aliphatic carbocycles. The van der Waals surface area contributed by atoms with Gasteiger partial charge in [0, 0.05) is 36.7 Å². The Morgan fingerprint density at radius 1 is 0.972 bits per heavy atom. The van der Waals surface area contributed by atoms with E-state index in [-0.39, 0.29) is 24.8 Å². The molecule has 1 saturated heterocycles. The molecule has 1 fully saturated rings. The number of fused-ring (bicyclic) bond motifs is 1. The summed E-state index contributed by atoms with van der Waals surface area (Å²) in [5.41, 5.74) is 1.97. The van der Waals surface area contributed by atoms with Gasteiger partial charge in [-0.1, -0.05) is 56.8 Å². The number of ether oxygens (including phenoxy) is 3. The zero-order valence-corrected chi connectivity index (χ0v) is 22.9. The molecule has 2 aliphatic heterocycles. The molecule has 36 heavy (non-hydrogen) atoms. The molecule has 5 rings (SSSR count). The minimum Gasteiger partial charge on any atom is -0.488 e. The van der Waals surface area contributed by atoms with E-state index in [0.29, 0.717) is 43.4 Å². The van der Waals surface area contributed by atoms with Gasteiger partial charge in [0.05, 0.1) is 11.4 Å². The van der Waals surface area contributed by atoms with Crippen molar-refractivity contribution in [2.45, 2.75) is 13.2 Å². The first-order valence-electron chi connectivity index (χ1n) is 10.5. The van der Waals surface area contributed by atoms with E-state index in [1.54, 1.807) is 42.5 Å². The van der Waals surface area contributed by atoms with Crippen LogP contribution in [0.2, 0.25) is 15.1 Å². The quantitative estimate of drug-likeness (QED) is 0.259. The molecule has 2 amide bonds. The van der Waals surface area contributed by atoms with E-state index in [1.165, 1.54) is 0 Å². The van der Waals surface area contributed by atoms with Crippen molar-refractivity contribution in [2.24, 2.45) is 0 Å².